The lowest BCUT2D eigenvalue weighted by Gasteiger charge is -2.06. The fourth-order valence-electron chi connectivity index (χ4n) is 0.965. The van der Waals surface area contributed by atoms with Gasteiger partial charge < -0.3 is 0 Å². The van der Waals surface area contributed by atoms with Gasteiger partial charge in [-0.2, -0.15) is 0 Å². The van der Waals surface area contributed by atoms with Gasteiger partial charge in [0.15, 0.2) is 0 Å². The summed E-state index contributed by atoms with van der Waals surface area (Å²) >= 11 is 3.33. The fourth-order valence-corrected chi connectivity index (χ4v) is 1.23. The normalized spacial score (nSPS) is 9.27. The summed E-state index contributed by atoms with van der Waals surface area (Å²) in [6.07, 6.45) is 1.53. The van der Waals surface area contributed by atoms with Crippen molar-refractivity contribution < 1.29 is 4.79 Å². The molecule has 0 aliphatic carbocycles. The van der Waals surface area contributed by atoms with Crippen LogP contribution in [0.1, 0.15) is 13.8 Å². The number of hydrazine groups is 1. The molecule has 1 aromatic carbocycles. The highest BCUT2D eigenvalue weighted by molar-refractivity contribution is 9.10. The van der Waals surface area contributed by atoms with E-state index < -0.39 is 0 Å². The molecule has 0 aliphatic rings. The van der Waals surface area contributed by atoms with Crippen molar-refractivity contribution >= 4 is 27.5 Å². The Morgan fingerprint density at radius 2 is 1.87 bits per heavy atom. The number of carbonyl (C=O) groups is 1. The summed E-state index contributed by atoms with van der Waals surface area (Å²) in [4.78, 5) is 11.2. The number of carbonyl (C=O) groups excluding carboxylic acids is 1. The van der Waals surface area contributed by atoms with Gasteiger partial charge in [-0.05, 0) is 38.1 Å². The second-order valence-electron chi connectivity index (χ2n) is 3.34. The third-order valence-corrected chi connectivity index (χ3v) is 2.12. The van der Waals surface area contributed by atoms with Crippen molar-refractivity contribution in [1.29, 1.82) is 0 Å². The summed E-state index contributed by atoms with van der Waals surface area (Å²) in [5.74, 6) is -0.155. The van der Waals surface area contributed by atoms with Crippen LogP contribution >= 0.6 is 15.9 Å². The molecule has 2 N–H and O–H groups in total. The van der Waals surface area contributed by atoms with E-state index in [-0.39, 0.29) is 5.91 Å². The van der Waals surface area contributed by atoms with Gasteiger partial charge >= 0.3 is 0 Å². The van der Waals surface area contributed by atoms with Gasteiger partial charge in [-0.1, -0.05) is 21.5 Å². The highest BCUT2D eigenvalue weighted by Gasteiger charge is 1.95. The molecule has 0 unspecified atom stereocenters. The summed E-state index contributed by atoms with van der Waals surface area (Å²) in [5, 5.41) is 0. The van der Waals surface area contributed by atoms with Crippen LogP contribution in [0.4, 0.5) is 5.69 Å². The zero-order chi connectivity index (χ0) is 11.3. The summed E-state index contributed by atoms with van der Waals surface area (Å²) in [6, 6.07) is 7.53. The average molecular weight is 269 g/mol. The van der Waals surface area contributed by atoms with Gasteiger partial charge in [0.2, 0.25) is 0 Å². The predicted molar refractivity (Wildman–Crippen MR) is 65.3 cm³/mol. The van der Waals surface area contributed by atoms with Crippen molar-refractivity contribution in [3.05, 3.63) is 40.4 Å². The number of allylic oxidation sites excluding steroid dienone is 1. The quantitative estimate of drug-likeness (QED) is 0.654. The number of amides is 1. The highest BCUT2D eigenvalue weighted by atomic mass is 79.9. The number of hydrogen-bond acceptors (Lipinski definition) is 2. The van der Waals surface area contributed by atoms with E-state index in [2.05, 4.69) is 26.8 Å². The van der Waals surface area contributed by atoms with Gasteiger partial charge in [0, 0.05) is 10.5 Å². The molecule has 4 heteroatoms. The van der Waals surface area contributed by atoms with E-state index in [9.17, 15) is 4.79 Å². The zero-order valence-electron chi connectivity index (χ0n) is 8.67. The van der Waals surface area contributed by atoms with Crippen LogP contribution in [0, 0.1) is 0 Å². The third-order valence-electron chi connectivity index (χ3n) is 1.59. The van der Waals surface area contributed by atoms with Crippen LogP contribution in [0.3, 0.4) is 0 Å². The van der Waals surface area contributed by atoms with Crippen molar-refractivity contribution in [2.45, 2.75) is 13.8 Å². The second kappa shape index (κ2) is 5.56. The maximum absolute atomic E-state index is 11.2. The van der Waals surface area contributed by atoms with Crippen LogP contribution in [0.25, 0.3) is 0 Å². The maximum Gasteiger partial charge on any atom is 0.262 e. The molecule has 1 rings (SSSR count). The lowest BCUT2D eigenvalue weighted by Crippen LogP contribution is -2.27. The van der Waals surface area contributed by atoms with Crippen LogP contribution in [-0.4, -0.2) is 5.91 Å². The topological polar surface area (TPSA) is 41.1 Å². The second-order valence-corrected chi connectivity index (χ2v) is 4.26. The minimum Gasteiger partial charge on any atom is -0.298 e. The molecule has 0 radical (unpaired) electrons. The molecule has 0 bridgehead atoms. The van der Waals surface area contributed by atoms with Crippen LogP contribution in [0.5, 0.6) is 0 Å². The molecule has 0 atom stereocenters. The van der Waals surface area contributed by atoms with Crippen molar-refractivity contribution in [2.75, 3.05) is 5.43 Å². The molecule has 1 aromatic rings. The van der Waals surface area contributed by atoms with Gasteiger partial charge in [-0.3, -0.25) is 15.6 Å². The minimum absolute atomic E-state index is 0.155. The van der Waals surface area contributed by atoms with Gasteiger partial charge in [0.1, 0.15) is 0 Å². The molecule has 0 saturated carbocycles. The van der Waals surface area contributed by atoms with E-state index in [1.165, 1.54) is 6.08 Å². The monoisotopic (exact) mass is 268 g/mol. The van der Waals surface area contributed by atoms with Crippen molar-refractivity contribution in [2.24, 2.45) is 0 Å². The zero-order valence-corrected chi connectivity index (χ0v) is 10.3. The molecule has 0 fully saturated rings. The molecule has 1 amide bonds. The predicted octanol–water partition coefficient (Wildman–Crippen LogP) is 2.86. The van der Waals surface area contributed by atoms with Gasteiger partial charge in [0.05, 0.1) is 5.69 Å². The van der Waals surface area contributed by atoms with E-state index in [1.54, 1.807) is 0 Å². The smallest absolute Gasteiger partial charge is 0.262 e. The summed E-state index contributed by atoms with van der Waals surface area (Å²) < 4.78 is 1.00. The lowest BCUT2D eigenvalue weighted by atomic mass is 10.3. The molecule has 80 valence electrons. The molecular formula is C11H13BrN2O. The van der Waals surface area contributed by atoms with Crippen LogP contribution in [0.15, 0.2) is 40.4 Å². The first kappa shape index (κ1) is 11.8. The number of benzene rings is 1. The average Bonchev–Trinajstić information content (AvgIpc) is 2.16. The van der Waals surface area contributed by atoms with Crippen LogP contribution in [-0.2, 0) is 4.79 Å². The first-order chi connectivity index (χ1) is 7.08. The number of nitrogens with one attached hydrogen (secondary N) is 2. The molecular weight excluding hydrogens is 256 g/mol. The Labute approximate surface area is 97.7 Å². The SMILES string of the molecule is CC(C)=CC(=O)NNc1ccc(Br)cc1. The summed E-state index contributed by atoms with van der Waals surface area (Å²) in [6.45, 7) is 3.75. The number of hydrogen-bond donors (Lipinski definition) is 2. The number of halogens is 1. The van der Waals surface area contributed by atoms with Gasteiger partial charge in [-0.15, -0.1) is 0 Å². The van der Waals surface area contributed by atoms with Crippen LogP contribution in [0.2, 0.25) is 0 Å². The highest BCUT2D eigenvalue weighted by Crippen LogP contribution is 2.13. The van der Waals surface area contributed by atoms with E-state index in [0.29, 0.717) is 0 Å². The van der Waals surface area contributed by atoms with Gasteiger partial charge in [0.25, 0.3) is 5.91 Å². The summed E-state index contributed by atoms with van der Waals surface area (Å²) in [5.41, 5.74) is 7.19. The molecule has 0 spiro atoms. The number of anilines is 1. The van der Waals surface area contributed by atoms with Crippen molar-refractivity contribution in [3.8, 4) is 0 Å². The van der Waals surface area contributed by atoms with E-state index in [1.807, 2.05) is 38.1 Å². The fraction of sp³-hybridized carbons (Fsp3) is 0.182. The van der Waals surface area contributed by atoms with E-state index >= 15 is 0 Å². The first-order valence-electron chi connectivity index (χ1n) is 4.54. The minimum atomic E-state index is -0.155. The Bertz CT molecular complexity index is 367. The molecule has 3 nitrogen and oxygen atoms in total. The Kier molecular flexibility index (Phi) is 4.37. The van der Waals surface area contributed by atoms with Crippen LogP contribution < -0.4 is 10.9 Å². The van der Waals surface area contributed by atoms with Crippen molar-refractivity contribution in [3.63, 3.8) is 0 Å². The lowest BCUT2D eigenvalue weighted by molar-refractivity contribution is -0.116. The molecule has 15 heavy (non-hydrogen) atoms. The number of rotatable bonds is 3. The Balaban J connectivity index is 2.47. The largest absolute Gasteiger partial charge is 0.298 e. The molecule has 0 saturated heterocycles. The van der Waals surface area contributed by atoms with E-state index in [0.717, 1.165) is 15.7 Å². The Morgan fingerprint density at radius 1 is 1.27 bits per heavy atom. The molecule has 0 aromatic heterocycles. The maximum atomic E-state index is 11.2. The Morgan fingerprint density at radius 3 is 2.40 bits per heavy atom. The van der Waals surface area contributed by atoms with Gasteiger partial charge in [-0.25, -0.2) is 0 Å². The first-order valence-corrected chi connectivity index (χ1v) is 5.33. The van der Waals surface area contributed by atoms with E-state index in [4.69, 9.17) is 0 Å². The standard InChI is InChI=1S/C11H13BrN2O/c1-8(2)7-11(15)14-13-10-5-3-9(12)4-6-10/h3-7,13H,1-2H3,(H,14,15). The Hall–Kier alpha value is -1.29. The van der Waals surface area contributed by atoms with Crippen molar-refractivity contribution in [1.82, 2.24) is 5.43 Å². The molecule has 0 aliphatic heterocycles. The molecule has 0 heterocycles. The summed E-state index contributed by atoms with van der Waals surface area (Å²) in [7, 11) is 0. The third kappa shape index (κ3) is 4.65.